The summed E-state index contributed by atoms with van der Waals surface area (Å²) in [6.45, 7) is 2.16. The maximum absolute atomic E-state index is 12.2. The SMILES string of the molecule is CN(C)C(=O)C1CNCCN1c1ncccc1Cl. The predicted octanol–water partition coefficient (Wildman–Crippen LogP) is 0.601. The second-order valence-electron chi connectivity index (χ2n) is 4.45. The Labute approximate surface area is 112 Å². The fraction of sp³-hybridized carbons (Fsp3) is 0.500. The van der Waals surface area contributed by atoms with E-state index in [0.717, 1.165) is 13.1 Å². The molecule has 1 aromatic heterocycles. The van der Waals surface area contributed by atoms with Crippen LogP contribution in [0.1, 0.15) is 0 Å². The van der Waals surface area contributed by atoms with Crippen LogP contribution in [0.25, 0.3) is 0 Å². The van der Waals surface area contributed by atoms with Crippen molar-refractivity contribution in [2.45, 2.75) is 6.04 Å². The molecule has 1 unspecified atom stereocenters. The van der Waals surface area contributed by atoms with Crippen molar-refractivity contribution >= 4 is 23.3 Å². The van der Waals surface area contributed by atoms with Gasteiger partial charge < -0.3 is 15.1 Å². The highest BCUT2D eigenvalue weighted by Crippen LogP contribution is 2.25. The summed E-state index contributed by atoms with van der Waals surface area (Å²) < 4.78 is 0. The molecular weight excluding hydrogens is 252 g/mol. The molecule has 1 saturated heterocycles. The minimum atomic E-state index is -0.249. The normalized spacial score (nSPS) is 19.7. The number of rotatable bonds is 2. The van der Waals surface area contributed by atoms with Crippen LogP contribution in [0.15, 0.2) is 18.3 Å². The summed E-state index contributed by atoms with van der Waals surface area (Å²) in [5.41, 5.74) is 0. The number of anilines is 1. The zero-order valence-electron chi connectivity index (χ0n) is 10.6. The third-order valence-electron chi connectivity index (χ3n) is 2.98. The number of halogens is 1. The van der Waals surface area contributed by atoms with Gasteiger partial charge in [0, 0.05) is 39.9 Å². The number of likely N-dealkylation sites (N-methyl/N-ethyl adjacent to an activating group) is 1. The van der Waals surface area contributed by atoms with Crippen molar-refractivity contribution in [3.8, 4) is 0 Å². The Bertz CT molecular complexity index is 438. The molecule has 1 aliphatic heterocycles. The fourth-order valence-electron chi connectivity index (χ4n) is 2.07. The van der Waals surface area contributed by atoms with E-state index in [0.29, 0.717) is 17.4 Å². The Morgan fingerprint density at radius 2 is 2.39 bits per heavy atom. The van der Waals surface area contributed by atoms with Crippen molar-refractivity contribution in [1.82, 2.24) is 15.2 Å². The number of carbonyl (C=O) groups is 1. The maximum atomic E-state index is 12.2. The molecule has 0 bridgehead atoms. The number of aromatic nitrogens is 1. The van der Waals surface area contributed by atoms with Crippen molar-refractivity contribution in [1.29, 1.82) is 0 Å². The van der Waals surface area contributed by atoms with Crippen LogP contribution < -0.4 is 10.2 Å². The smallest absolute Gasteiger partial charge is 0.246 e. The molecule has 1 atom stereocenters. The standard InChI is InChI=1S/C12H17ClN4O/c1-16(2)12(18)10-8-14-6-7-17(10)11-9(13)4-3-5-15-11/h3-5,10,14H,6-8H2,1-2H3. The average Bonchev–Trinajstić information content (AvgIpc) is 2.38. The quantitative estimate of drug-likeness (QED) is 0.854. The third kappa shape index (κ3) is 2.57. The number of carbonyl (C=O) groups excluding carboxylic acids is 1. The maximum Gasteiger partial charge on any atom is 0.246 e. The van der Waals surface area contributed by atoms with Gasteiger partial charge in [-0.15, -0.1) is 0 Å². The van der Waals surface area contributed by atoms with Gasteiger partial charge in [0.15, 0.2) is 0 Å². The Balaban J connectivity index is 2.29. The zero-order chi connectivity index (χ0) is 13.1. The third-order valence-corrected chi connectivity index (χ3v) is 3.28. The van der Waals surface area contributed by atoms with Crippen molar-refractivity contribution in [3.05, 3.63) is 23.4 Å². The topological polar surface area (TPSA) is 48.5 Å². The summed E-state index contributed by atoms with van der Waals surface area (Å²) in [5.74, 6) is 0.741. The Kier molecular flexibility index (Phi) is 4.04. The van der Waals surface area contributed by atoms with E-state index >= 15 is 0 Å². The van der Waals surface area contributed by atoms with Crippen LogP contribution in [0.2, 0.25) is 5.02 Å². The molecule has 5 nitrogen and oxygen atoms in total. The van der Waals surface area contributed by atoms with Crippen LogP contribution in [0.3, 0.4) is 0 Å². The van der Waals surface area contributed by atoms with Crippen LogP contribution in [0, 0.1) is 0 Å². The highest BCUT2D eigenvalue weighted by Gasteiger charge is 2.31. The van der Waals surface area contributed by atoms with E-state index in [1.54, 1.807) is 37.3 Å². The lowest BCUT2D eigenvalue weighted by atomic mass is 10.1. The summed E-state index contributed by atoms with van der Waals surface area (Å²) in [4.78, 5) is 20.0. The van der Waals surface area contributed by atoms with Gasteiger partial charge in [-0.25, -0.2) is 4.98 Å². The van der Waals surface area contributed by atoms with E-state index in [4.69, 9.17) is 11.6 Å². The van der Waals surface area contributed by atoms with E-state index in [9.17, 15) is 4.79 Å². The lowest BCUT2D eigenvalue weighted by Gasteiger charge is -2.37. The van der Waals surface area contributed by atoms with Gasteiger partial charge >= 0.3 is 0 Å². The molecular formula is C12H17ClN4O. The Morgan fingerprint density at radius 3 is 3.06 bits per heavy atom. The first-order chi connectivity index (χ1) is 8.61. The summed E-state index contributed by atoms with van der Waals surface area (Å²) in [6, 6.07) is 3.33. The number of amides is 1. The summed E-state index contributed by atoms with van der Waals surface area (Å²) >= 11 is 6.16. The van der Waals surface area contributed by atoms with Gasteiger partial charge in [0.2, 0.25) is 5.91 Å². The first-order valence-electron chi connectivity index (χ1n) is 5.90. The largest absolute Gasteiger partial charge is 0.347 e. The van der Waals surface area contributed by atoms with E-state index in [1.165, 1.54) is 0 Å². The number of hydrogen-bond donors (Lipinski definition) is 1. The molecule has 1 aromatic rings. The molecule has 0 radical (unpaired) electrons. The van der Waals surface area contributed by atoms with Crippen molar-refractivity contribution < 1.29 is 4.79 Å². The minimum Gasteiger partial charge on any atom is -0.347 e. The second-order valence-corrected chi connectivity index (χ2v) is 4.86. The van der Waals surface area contributed by atoms with Crippen LogP contribution in [-0.2, 0) is 4.79 Å². The molecule has 2 rings (SSSR count). The van der Waals surface area contributed by atoms with Gasteiger partial charge in [-0.2, -0.15) is 0 Å². The molecule has 2 heterocycles. The first-order valence-corrected chi connectivity index (χ1v) is 6.28. The molecule has 98 valence electrons. The molecule has 1 amide bonds. The molecule has 1 fully saturated rings. The first kappa shape index (κ1) is 13.1. The predicted molar refractivity (Wildman–Crippen MR) is 71.9 cm³/mol. The monoisotopic (exact) mass is 268 g/mol. The molecule has 0 spiro atoms. The fourth-order valence-corrected chi connectivity index (χ4v) is 2.30. The van der Waals surface area contributed by atoms with Gasteiger partial charge in [-0.1, -0.05) is 11.6 Å². The van der Waals surface area contributed by atoms with Gasteiger partial charge in [-0.05, 0) is 12.1 Å². The van der Waals surface area contributed by atoms with Crippen LogP contribution in [0.4, 0.5) is 5.82 Å². The Morgan fingerprint density at radius 1 is 1.61 bits per heavy atom. The molecule has 0 saturated carbocycles. The van der Waals surface area contributed by atoms with Crippen LogP contribution >= 0.6 is 11.6 Å². The van der Waals surface area contributed by atoms with E-state index in [1.807, 2.05) is 4.90 Å². The van der Waals surface area contributed by atoms with Gasteiger partial charge in [0.05, 0.1) is 5.02 Å². The number of piperazine rings is 1. The van der Waals surface area contributed by atoms with Crippen molar-refractivity contribution in [2.24, 2.45) is 0 Å². The van der Waals surface area contributed by atoms with Gasteiger partial charge in [-0.3, -0.25) is 4.79 Å². The van der Waals surface area contributed by atoms with Gasteiger partial charge in [0.25, 0.3) is 0 Å². The average molecular weight is 269 g/mol. The molecule has 1 N–H and O–H groups in total. The van der Waals surface area contributed by atoms with E-state index in [-0.39, 0.29) is 11.9 Å². The highest BCUT2D eigenvalue weighted by molar-refractivity contribution is 6.33. The molecule has 1 aliphatic rings. The summed E-state index contributed by atoms with van der Waals surface area (Å²) in [5, 5.41) is 3.81. The van der Waals surface area contributed by atoms with Crippen molar-refractivity contribution in [2.75, 3.05) is 38.6 Å². The summed E-state index contributed by atoms with van der Waals surface area (Å²) in [7, 11) is 3.52. The highest BCUT2D eigenvalue weighted by atomic mass is 35.5. The number of nitrogens with zero attached hydrogens (tertiary/aromatic N) is 3. The van der Waals surface area contributed by atoms with Gasteiger partial charge in [0.1, 0.15) is 11.9 Å². The Hall–Kier alpha value is -1.33. The van der Waals surface area contributed by atoms with Crippen LogP contribution in [0.5, 0.6) is 0 Å². The number of hydrogen-bond acceptors (Lipinski definition) is 4. The molecule has 6 heteroatoms. The molecule has 0 aromatic carbocycles. The second kappa shape index (κ2) is 5.54. The minimum absolute atomic E-state index is 0.0592. The zero-order valence-corrected chi connectivity index (χ0v) is 11.3. The van der Waals surface area contributed by atoms with Crippen molar-refractivity contribution in [3.63, 3.8) is 0 Å². The number of nitrogens with one attached hydrogen (secondary N) is 1. The van der Waals surface area contributed by atoms with E-state index in [2.05, 4.69) is 10.3 Å². The molecule has 0 aliphatic carbocycles. The number of pyridine rings is 1. The lowest BCUT2D eigenvalue weighted by molar-refractivity contribution is -0.130. The lowest BCUT2D eigenvalue weighted by Crippen LogP contribution is -2.58. The van der Waals surface area contributed by atoms with Crippen LogP contribution in [-0.4, -0.2) is 55.6 Å². The molecule has 18 heavy (non-hydrogen) atoms. The summed E-state index contributed by atoms with van der Waals surface area (Å²) in [6.07, 6.45) is 1.69. The van der Waals surface area contributed by atoms with E-state index < -0.39 is 0 Å².